The molecule has 0 aliphatic carbocycles. The molecule has 0 radical (unpaired) electrons. The third-order valence-electron chi connectivity index (χ3n) is 4.58. The molecule has 0 unspecified atom stereocenters. The van der Waals surface area contributed by atoms with Crippen LogP contribution >= 0.6 is 12.2 Å². The van der Waals surface area contributed by atoms with Crippen LogP contribution in [0.1, 0.15) is 38.3 Å². The van der Waals surface area contributed by atoms with Crippen LogP contribution in [0.25, 0.3) is 0 Å². The van der Waals surface area contributed by atoms with Gasteiger partial charge >= 0.3 is 0 Å². The second-order valence-corrected chi connectivity index (χ2v) is 7.13. The molecule has 2 rings (SSSR count). The number of methoxy groups -OCH3 is 1. The summed E-state index contributed by atoms with van der Waals surface area (Å²) >= 11 is 4.97. The van der Waals surface area contributed by atoms with Gasteiger partial charge in [0.1, 0.15) is 24.0 Å². The van der Waals surface area contributed by atoms with Gasteiger partial charge in [-0.25, -0.2) is 0 Å². The molecule has 0 aromatic heterocycles. The van der Waals surface area contributed by atoms with Crippen LogP contribution in [0.4, 0.5) is 0 Å². The highest BCUT2D eigenvalue weighted by Crippen LogP contribution is 2.29. The Labute approximate surface area is 161 Å². The normalized spacial score (nSPS) is 11.1. The van der Waals surface area contributed by atoms with Gasteiger partial charge in [-0.1, -0.05) is 45.1 Å². The van der Waals surface area contributed by atoms with Gasteiger partial charge in [0, 0.05) is 5.56 Å². The largest absolute Gasteiger partial charge is 0.493 e. The lowest BCUT2D eigenvalue weighted by atomic mass is 9.82. The number of hydrogen-bond donors (Lipinski definition) is 1. The Hall–Kier alpha value is -2.27. The minimum absolute atomic E-state index is 0.177. The van der Waals surface area contributed by atoms with E-state index in [-0.39, 0.29) is 5.41 Å². The molecule has 0 heterocycles. The quantitative estimate of drug-likeness (QED) is 0.519. The van der Waals surface area contributed by atoms with Crippen molar-refractivity contribution < 1.29 is 14.2 Å². The first-order valence-electron chi connectivity index (χ1n) is 8.71. The van der Waals surface area contributed by atoms with E-state index in [1.54, 1.807) is 19.2 Å². The van der Waals surface area contributed by atoms with E-state index >= 15 is 0 Å². The first-order chi connectivity index (χ1) is 12.4. The Morgan fingerprint density at radius 1 is 1.00 bits per heavy atom. The van der Waals surface area contributed by atoms with Crippen LogP contribution in [0.5, 0.6) is 17.2 Å². The van der Waals surface area contributed by atoms with E-state index in [0.29, 0.717) is 29.7 Å². The van der Waals surface area contributed by atoms with E-state index in [1.807, 2.05) is 18.2 Å². The zero-order valence-electron chi connectivity index (χ0n) is 15.9. The molecule has 0 saturated heterocycles. The Bertz CT molecular complexity index is 741. The van der Waals surface area contributed by atoms with Crippen molar-refractivity contribution in [1.82, 2.24) is 0 Å². The van der Waals surface area contributed by atoms with Crippen molar-refractivity contribution in [2.45, 2.75) is 32.6 Å². The molecule has 0 aliphatic rings. The van der Waals surface area contributed by atoms with Crippen LogP contribution in [0.15, 0.2) is 42.5 Å². The molecule has 2 aromatic carbocycles. The number of rotatable bonds is 9. The molecule has 0 atom stereocenters. The molecular formula is C21H27NO3S. The van der Waals surface area contributed by atoms with Gasteiger partial charge in [-0.05, 0) is 47.7 Å². The summed E-state index contributed by atoms with van der Waals surface area (Å²) in [6.07, 6.45) is 1.09. The fourth-order valence-corrected chi connectivity index (χ4v) is 2.58. The van der Waals surface area contributed by atoms with E-state index in [1.165, 1.54) is 5.56 Å². The number of ether oxygens (including phenoxy) is 3. The Balaban J connectivity index is 1.88. The minimum Gasteiger partial charge on any atom is -0.493 e. The molecule has 4 nitrogen and oxygen atoms in total. The van der Waals surface area contributed by atoms with Gasteiger partial charge in [0.15, 0.2) is 11.5 Å². The van der Waals surface area contributed by atoms with Crippen LogP contribution in [-0.2, 0) is 5.41 Å². The summed E-state index contributed by atoms with van der Waals surface area (Å²) in [7, 11) is 1.58. The standard InChI is InChI=1S/C21H27NO3S/c1-5-21(2,3)16-7-9-17(10-8-16)24-12-13-25-18-11-6-15(20(22)26)14-19(18)23-4/h6-11,14H,5,12-13H2,1-4H3,(H2,22,26). The van der Waals surface area contributed by atoms with Gasteiger partial charge in [-0.15, -0.1) is 0 Å². The topological polar surface area (TPSA) is 53.7 Å². The minimum atomic E-state index is 0.177. The first-order valence-corrected chi connectivity index (χ1v) is 9.12. The summed E-state index contributed by atoms with van der Waals surface area (Å²) in [5.74, 6) is 2.07. The van der Waals surface area contributed by atoms with Crippen LogP contribution in [0.3, 0.4) is 0 Å². The highest BCUT2D eigenvalue weighted by atomic mass is 32.1. The summed E-state index contributed by atoms with van der Waals surface area (Å²) < 4.78 is 16.8. The molecule has 5 heteroatoms. The lowest BCUT2D eigenvalue weighted by Crippen LogP contribution is -2.15. The number of thiocarbonyl (C=S) groups is 1. The molecule has 0 fully saturated rings. The predicted octanol–water partition coefficient (Wildman–Crippen LogP) is 4.47. The van der Waals surface area contributed by atoms with Gasteiger partial charge < -0.3 is 19.9 Å². The molecule has 0 saturated carbocycles. The van der Waals surface area contributed by atoms with Crippen LogP contribution in [0.2, 0.25) is 0 Å². The van der Waals surface area contributed by atoms with Crippen molar-refractivity contribution in [2.24, 2.45) is 5.73 Å². The van der Waals surface area contributed by atoms with E-state index in [4.69, 9.17) is 32.2 Å². The van der Waals surface area contributed by atoms with Gasteiger partial charge in [-0.3, -0.25) is 0 Å². The van der Waals surface area contributed by atoms with Crippen molar-refractivity contribution in [1.29, 1.82) is 0 Å². The number of benzene rings is 2. The SMILES string of the molecule is CCC(C)(C)c1ccc(OCCOc2ccc(C(N)=S)cc2OC)cc1. The van der Waals surface area contributed by atoms with E-state index in [0.717, 1.165) is 17.7 Å². The van der Waals surface area contributed by atoms with Crippen molar-refractivity contribution in [3.05, 3.63) is 53.6 Å². The fourth-order valence-electron chi connectivity index (χ4n) is 2.46. The van der Waals surface area contributed by atoms with Crippen LogP contribution < -0.4 is 19.9 Å². The third kappa shape index (κ3) is 5.11. The Morgan fingerprint density at radius 3 is 2.23 bits per heavy atom. The molecule has 0 bridgehead atoms. The highest BCUT2D eigenvalue weighted by Gasteiger charge is 2.17. The molecule has 0 amide bonds. The Kier molecular flexibility index (Phi) is 6.86. The maximum atomic E-state index is 5.76. The van der Waals surface area contributed by atoms with E-state index < -0.39 is 0 Å². The van der Waals surface area contributed by atoms with Crippen LogP contribution in [0, 0.1) is 0 Å². The average molecular weight is 374 g/mol. The lowest BCUT2D eigenvalue weighted by molar-refractivity contribution is 0.211. The molecule has 140 valence electrons. The maximum Gasteiger partial charge on any atom is 0.161 e. The maximum absolute atomic E-state index is 5.76. The molecular weight excluding hydrogens is 346 g/mol. The number of hydrogen-bond acceptors (Lipinski definition) is 4. The summed E-state index contributed by atoms with van der Waals surface area (Å²) in [6.45, 7) is 7.53. The van der Waals surface area contributed by atoms with Crippen LogP contribution in [-0.4, -0.2) is 25.3 Å². The molecule has 0 spiro atoms. The third-order valence-corrected chi connectivity index (χ3v) is 4.81. The molecule has 0 aliphatic heterocycles. The van der Waals surface area contributed by atoms with Crippen molar-refractivity contribution in [2.75, 3.05) is 20.3 Å². The zero-order chi connectivity index (χ0) is 19.2. The van der Waals surface area contributed by atoms with Crippen molar-refractivity contribution >= 4 is 17.2 Å². The lowest BCUT2D eigenvalue weighted by Gasteiger charge is -2.23. The highest BCUT2D eigenvalue weighted by molar-refractivity contribution is 7.80. The average Bonchev–Trinajstić information content (AvgIpc) is 2.65. The molecule has 2 aromatic rings. The smallest absolute Gasteiger partial charge is 0.161 e. The molecule has 26 heavy (non-hydrogen) atoms. The predicted molar refractivity (Wildman–Crippen MR) is 110 cm³/mol. The van der Waals surface area contributed by atoms with E-state index in [2.05, 4.69) is 32.9 Å². The van der Waals surface area contributed by atoms with E-state index in [9.17, 15) is 0 Å². The second-order valence-electron chi connectivity index (χ2n) is 6.69. The van der Waals surface area contributed by atoms with Gasteiger partial charge in [0.2, 0.25) is 0 Å². The van der Waals surface area contributed by atoms with Gasteiger partial charge in [0.05, 0.1) is 7.11 Å². The van der Waals surface area contributed by atoms with Gasteiger partial charge in [-0.2, -0.15) is 0 Å². The van der Waals surface area contributed by atoms with Gasteiger partial charge in [0.25, 0.3) is 0 Å². The van der Waals surface area contributed by atoms with Crippen molar-refractivity contribution in [3.8, 4) is 17.2 Å². The fraction of sp³-hybridized carbons (Fsp3) is 0.381. The summed E-state index contributed by atoms with van der Waals surface area (Å²) in [5.41, 5.74) is 7.87. The monoisotopic (exact) mass is 373 g/mol. The molecule has 2 N–H and O–H groups in total. The summed E-state index contributed by atoms with van der Waals surface area (Å²) in [4.78, 5) is 0.327. The Morgan fingerprint density at radius 2 is 1.65 bits per heavy atom. The second kappa shape index (κ2) is 8.90. The number of nitrogens with two attached hydrogens (primary N) is 1. The first kappa shape index (κ1) is 20.0. The van der Waals surface area contributed by atoms with Crippen molar-refractivity contribution in [3.63, 3.8) is 0 Å². The summed E-state index contributed by atoms with van der Waals surface area (Å²) in [6, 6.07) is 13.6. The summed E-state index contributed by atoms with van der Waals surface area (Å²) in [5, 5.41) is 0. The zero-order valence-corrected chi connectivity index (χ0v) is 16.7.